The second-order valence-corrected chi connectivity index (χ2v) is 5.01. The number of fused-ring (bicyclic) bond motifs is 1. The quantitative estimate of drug-likeness (QED) is 0.720. The molecule has 0 saturated carbocycles. The summed E-state index contributed by atoms with van der Waals surface area (Å²) in [6, 6.07) is 14.0. The molecule has 0 aliphatic carbocycles. The average molecular weight is 280 g/mol. The molecular formula is C17H16N2O2. The van der Waals surface area contributed by atoms with Crippen LogP contribution in [0, 0.1) is 0 Å². The zero-order valence-electron chi connectivity index (χ0n) is 11.6. The number of aromatic nitrogens is 2. The third-order valence-electron chi connectivity index (χ3n) is 3.57. The van der Waals surface area contributed by atoms with Crippen molar-refractivity contribution in [3.05, 3.63) is 60.4 Å². The van der Waals surface area contributed by atoms with E-state index in [1.807, 2.05) is 53.4 Å². The number of hydrogen-bond acceptors (Lipinski definition) is 2. The van der Waals surface area contributed by atoms with Crippen molar-refractivity contribution in [2.24, 2.45) is 0 Å². The lowest BCUT2D eigenvalue weighted by Gasteiger charge is -2.03. The Bertz CT molecular complexity index is 763. The summed E-state index contributed by atoms with van der Waals surface area (Å²) in [5, 5.41) is 11.8. The molecule has 1 N–H and O–H groups in total. The van der Waals surface area contributed by atoms with Crippen LogP contribution in [0.2, 0.25) is 0 Å². The molecule has 2 heterocycles. The Morgan fingerprint density at radius 2 is 1.86 bits per heavy atom. The number of pyridine rings is 1. The van der Waals surface area contributed by atoms with Gasteiger partial charge < -0.3 is 9.90 Å². The molecular weight excluding hydrogens is 264 g/mol. The lowest BCUT2D eigenvalue weighted by molar-refractivity contribution is -0.599. The van der Waals surface area contributed by atoms with Gasteiger partial charge in [0.25, 0.3) is 5.82 Å². The predicted molar refractivity (Wildman–Crippen MR) is 77.8 cm³/mol. The minimum atomic E-state index is -0.997. The number of carboxylic acids is 1. The molecule has 0 radical (unpaired) electrons. The summed E-state index contributed by atoms with van der Waals surface area (Å²) in [4.78, 5) is 14.0. The number of nitrogens with zero attached hydrogens (tertiary/aromatic N) is 1. The van der Waals surface area contributed by atoms with E-state index in [1.54, 1.807) is 0 Å². The molecule has 0 saturated heterocycles. The predicted octanol–water partition coefficient (Wildman–Crippen LogP) is 1.52. The number of carbonyl (C=O) groups excluding carboxylic acids is 1. The molecule has 0 fully saturated rings. The minimum absolute atomic E-state index is 0.0817. The molecule has 0 bridgehead atoms. The number of rotatable bonds is 5. The highest BCUT2D eigenvalue weighted by Gasteiger charge is 2.18. The number of aromatic amines is 1. The fourth-order valence-corrected chi connectivity index (χ4v) is 2.62. The first-order valence-corrected chi connectivity index (χ1v) is 7.02. The fourth-order valence-electron chi connectivity index (χ4n) is 2.62. The minimum Gasteiger partial charge on any atom is -0.550 e. The smallest absolute Gasteiger partial charge is 0.288 e. The molecule has 106 valence electrons. The molecule has 0 atom stereocenters. The molecule has 3 aromatic rings. The van der Waals surface area contributed by atoms with Crippen LogP contribution >= 0.6 is 0 Å². The van der Waals surface area contributed by atoms with Crippen LogP contribution in [-0.4, -0.2) is 11.0 Å². The summed E-state index contributed by atoms with van der Waals surface area (Å²) < 4.78 is 2.02. The Kier molecular flexibility index (Phi) is 3.69. The molecule has 1 aromatic carbocycles. The van der Waals surface area contributed by atoms with Crippen LogP contribution in [-0.2, 0) is 11.2 Å². The van der Waals surface area contributed by atoms with Gasteiger partial charge in [0.2, 0.25) is 0 Å². The molecule has 0 aliphatic heterocycles. The van der Waals surface area contributed by atoms with E-state index in [2.05, 4.69) is 11.1 Å². The van der Waals surface area contributed by atoms with Crippen molar-refractivity contribution >= 4 is 16.9 Å². The van der Waals surface area contributed by atoms with Gasteiger partial charge in [-0.2, -0.15) is 0 Å². The van der Waals surface area contributed by atoms with E-state index in [9.17, 15) is 9.90 Å². The molecule has 4 heteroatoms. The topological polar surface area (TPSA) is 59.8 Å². The average Bonchev–Trinajstić information content (AvgIpc) is 2.87. The molecule has 3 rings (SSSR count). The molecule has 0 spiro atoms. The molecule has 4 nitrogen and oxygen atoms in total. The van der Waals surface area contributed by atoms with Gasteiger partial charge in [0.1, 0.15) is 5.52 Å². The number of aryl methyl sites for hydroxylation is 1. The second kappa shape index (κ2) is 5.79. The van der Waals surface area contributed by atoms with Crippen molar-refractivity contribution in [3.8, 4) is 5.82 Å². The number of aliphatic carboxylic acids is 1. The van der Waals surface area contributed by atoms with Gasteiger partial charge in [0, 0.05) is 11.4 Å². The summed E-state index contributed by atoms with van der Waals surface area (Å²) in [5.74, 6) is -0.00102. The SMILES string of the molecule is O=C([O-])CCCc1c(-[n+]2ccccc2)[nH]c2ccccc12. The second-order valence-electron chi connectivity index (χ2n) is 5.01. The number of para-hydroxylation sites is 1. The summed E-state index contributed by atoms with van der Waals surface area (Å²) in [6.07, 6.45) is 5.32. The molecule has 0 unspecified atom stereocenters. The van der Waals surface area contributed by atoms with Crippen LogP contribution in [0.4, 0.5) is 0 Å². The maximum Gasteiger partial charge on any atom is 0.288 e. The van der Waals surface area contributed by atoms with E-state index in [1.165, 1.54) is 0 Å². The molecule has 0 aliphatic rings. The first-order chi connectivity index (χ1) is 10.3. The van der Waals surface area contributed by atoms with Crippen LogP contribution in [0.1, 0.15) is 18.4 Å². The molecule has 0 amide bonds. The largest absolute Gasteiger partial charge is 0.550 e. The lowest BCUT2D eigenvalue weighted by atomic mass is 10.1. The number of hydrogen-bond donors (Lipinski definition) is 1. The Morgan fingerprint density at radius 1 is 1.10 bits per heavy atom. The van der Waals surface area contributed by atoms with Gasteiger partial charge in [0.15, 0.2) is 0 Å². The summed E-state index contributed by atoms with van der Waals surface area (Å²) >= 11 is 0. The summed E-state index contributed by atoms with van der Waals surface area (Å²) in [7, 11) is 0. The Balaban J connectivity index is 2.04. The van der Waals surface area contributed by atoms with Crippen LogP contribution in [0.15, 0.2) is 54.9 Å². The first-order valence-electron chi connectivity index (χ1n) is 7.02. The first kappa shape index (κ1) is 13.4. The van der Waals surface area contributed by atoms with E-state index in [4.69, 9.17) is 0 Å². The van der Waals surface area contributed by atoms with E-state index in [0.717, 1.165) is 22.3 Å². The summed E-state index contributed by atoms with van der Waals surface area (Å²) in [6.45, 7) is 0. The Hall–Kier alpha value is -2.62. The summed E-state index contributed by atoms with van der Waals surface area (Å²) in [5.41, 5.74) is 2.20. The maximum atomic E-state index is 10.6. The standard InChI is InChI=1S/C17H16N2O2/c20-16(21)10-6-8-14-13-7-2-3-9-15(13)18-17(14)19-11-4-1-5-12-19/h1-5,7,9,11-12,18H,6,8,10H2. The molecule has 21 heavy (non-hydrogen) atoms. The van der Waals surface area contributed by atoms with E-state index < -0.39 is 5.97 Å². The van der Waals surface area contributed by atoms with E-state index in [0.29, 0.717) is 12.8 Å². The van der Waals surface area contributed by atoms with E-state index >= 15 is 0 Å². The van der Waals surface area contributed by atoms with Gasteiger partial charge in [-0.1, -0.05) is 24.3 Å². The Labute approximate surface area is 122 Å². The van der Waals surface area contributed by atoms with Gasteiger partial charge in [0.05, 0.1) is 18.0 Å². The van der Waals surface area contributed by atoms with Crippen molar-refractivity contribution < 1.29 is 14.5 Å². The van der Waals surface area contributed by atoms with Crippen LogP contribution in [0.5, 0.6) is 0 Å². The number of carbonyl (C=O) groups is 1. The highest BCUT2D eigenvalue weighted by atomic mass is 16.4. The third kappa shape index (κ3) is 2.79. The normalized spacial score (nSPS) is 10.9. The highest BCUT2D eigenvalue weighted by Crippen LogP contribution is 2.24. The highest BCUT2D eigenvalue weighted by molar-refractivity contribution is 5.86. The number of H-pyrrole nitrogens is 1. The zero-order valence-corrected chi connectivity index (χ0v) is 11.6. The third-order valence-corrected chi connectivity index (χ3v) is 3.57. The van der Waals surface area contributed by atoms with Gasteiger partial charge >= 0.3 is 0 Å². The maximum absolute atomic E-state index is 10.6. The molecule has 2 aromatic heterocycles. The number of nitrogens with one attached hydrogen (secondary N) is 1. The fraction of sp³-hybridized carbons (Fsp3) is 0.176. The van der Waals surface area contributed by atoms with Gasteiger partial charge in [-0.15, -0.1) is 0 Å². The van der Waals surface area contributed by atoms with Crippen LogP contribution < -0.4 is 9.67 Å². The van der Waals surface area contributed by atoms with Crippen LogP contribution in [0.25, 0.3) is 16.7 Å². The zero-order chi connectivity index (χ0) is 14.7. The Morgan fingerprint density at radius 3 is 2.62 bits per heavy atom. The van der Waals surface area contributed by atoms with Gasteiger partial charge in [-0.25, -0.2) is 9.55 Å². The van der Waals surface area contributed by atoms with Crippen molar-refractivity contribution in [2.45, 2.75) is 19.3 Å². The van der Waals surface area contributed by atoms with Crippen LogP contribution in [0.3, 0.4) is 0 Å². The number of carboxylic acid groups (broad SMARTS) is 1. The van der Waals surface area contributed by atoms with Crippen molar-refractivity contribution in [3.63, 3.8) is 0 Å². The lowest BCUT2D eigenvalue weighted by Crippen LogP contribution is -2.31. The van der Waals surface area contributed by atoms with Crippen molar-refractivity contribution in [1.29, 1.82) is 0 Å². The van der Waals surface area contributed by atoms with Crippen molar-refractivity contribution in [1.82, 2.24) is 4.98 Å². The number of benzene rings is 1. The monoisotopic (exact) mass is 280 g/mol. The van der Waals surface area contributed by atoms with Gasteiger partial charge in [-0.3, -0.25) is 0 Å². The van der Waals surface area contributed by atoms with Gasteiger partial charge in [-0.05, 0) is 37.5 Å². The van der Waals surface area contributed by atoms with Crippen molar-refractivity contribution in [2.75, 3.05) is 0 Å². The van der Waals surface area contributed by atoms with E-state index in [-0.39, 0.29) is 6.42 Å².